The summed E-state index contributed by atoms with van der Waals surface area (Å²) in [4.78, 5) is 19.2. The number of hydrogen-bond acceptors (Lipinski definition) is 3. The molecule has 0 saturated carbocycles. The standard InChI is InChI=1S/C17H16FN3OS2/c1-10-2-4-12(5-3-10)24-7-6-19-16(22)13-8-11(18)9-14-15(13)21-17(23)20-14/h2-5,8-9H,6-7H2,1H3,(H,19,22)(H2,20,21,23). The summed E-state index contributed by atoms with van der Waals surface area (Å²) in [5, 5.41) is 2.81. The molecule has 3 N–H and O–H groups in total. The summed E-state index contributed by atoms with van der Waals surface area (Å²) >= 11 is 6.66. The van der Waals surface area contributed by atoms with Gasteiger partial charge in [-0.1, -0.05) is 17.7 Å². The second-order valence-corrected chi connectivity index (χ2v) is 6.95. The first-order chi connectivity index (χ1) is 11.5. The minimum Gasteiger partial charge on any atom is -0.351 e. The Labute approximate surface area is 147 Å². The summed E-state index contributed by atoms with van der Waals surface area (Å²) in [7, 11) is 0. The largest absolute Gasteiger partial charge is 0.351 e. The fourth-order valence-electron chi connectivity index (χ4n) is 2.35. The van der Waals surface area contributed by atoms with E-state index in [-0.39, 0.29) is 11.5 Å². The number of amides is 1. The molecule has 3 aromatic rings. The third-order valence-electron chi connectivity index (χ3n) is 3.51. The van der Waals surface area contributed by atoms with Crippen LogP contribution < -0.4 is 5.32 Å². The third kappa shape index (κ3) is 3.85. The van der Waals surface area contributed by atoms with E-state index in [9.17, 15) is 9.18 Å². The summed E-state index contributed by atoms with van der Waals surface area (Å²) in [5.74, 6) is -0.0719. The van der Waals surface area contributed by atoms with Crippen LogP contribution in [0.2, 0.25) is 0 Å². The predicted octanol–water partition coefficient (Wildman–Crippen LogP) is 4.20. The Bertz CT molecular complexity index is 931. The Hall–Kier alpha value is -2.12. The van der Waals surface area contributed by atoms with Gasteiger partial charge in [-0.05, 0) is 43.4 Å². The average molecular weight is 361 g/mol. The molecule has 0 aliphatic heterocycles. The lowest BCUT2D eigenvalue weighted by atomic mass is 10.1. The van der Waals surface area contributed by atoms with Gasteiger partial charge in [-0.25, -0.2) is 4.39 Å². The lowest BCUT2D eigenvalue weighted by molar-refractivity contribution is 0.0957. The van der Waals surface area contributed by atoms with E-state index in [1.54, 1.807) is 11.8 Å². The molecule has 0 fully saturated rings. The van der Waals surface area contributed by atoms with E-state index in [0.717, 1.165) is 10.6 Å². The third-order valence-corrected chi connectivity index (χ3v) is 4.73. The second-order valence-electron chi connectivity index (χ2n) is 5.37. The van der Waals surface area contributed by atoms with E-state index in [1.165, 1.54) is 17.7 Å². The summed E-state index contributed by atoms with van der Waals surface area (Å²) in [6, 6.07) is 10.7. The first-order valence-electron chi connectivity index (χ1n) is 7.42. The highest BCUT2D eigenvalue weighted by atomic mass is 32.2. The fraction of sp³-hybridized carbons (Fsp3) is 0.176. The van der Waals surface area contributed by atoms with Crippen LogP contribution in [0.25, 0.3) is 11.0 Å². The number of nitrogens with one attached hydrogen (secondary N) is 3. The van der Waals surface area contributed by atoms with Gasteiger partial charge in [0.1, 0.15) is 5.82 Å². The van der Waals surface area contributed by atoms with Crippen LogP contribution in [0.1, 0.15) is 15.9 Å². The SMILES string of the molecule is Cc1ccc(SCCNC(=O)c2cc(F)cc3[nH]c(=S)[nH]c23)cc1. The smallest absolute Gasteiger partial charge is 0.253 e. The Balaban J connectivity index is 1.63. The van der Waals surface area contributed by atoms with Gasteiger partial charge in [0.15, 0.2) is 4.77 Å². The quantitative estimate of drug-likeness (QED) is 0.363. The highest BCUT2D eigenvalue weighted by Crippen LogP contribution is 2.19. The van der Waals surface area contributed by atoms with Gasteiger partial charge in [0.2, 0.25) is 0 Å². The summed E-state index contributed by atoms with van der Waals surface area (Å²) < 4.78 is 14.0. The lowest BCUT2D eigenvalue weighted by Gasteiger charge is -2.07. The zero-order valence-electron chi connectivity index (χ0n) is 13.0. The molecule has 0 bridgehead atoms. The van der Waals surface area contributed by atoms with E-state index >= 15 is 0 Å². The van der Waals surface area contributed by atoms with Crippen molar-refractivity contribution in [1.82, 2.24) is 15.3 Å². The number of fused-ring (bicyclic) bond motifs is 1. The van der Waals surface area contributed by atoms with E-state index in [1.807, 2.05) is 6.92 Å². The van der Waals surface area contributed by atoms with Gasteiger partial charge < -0.3 is 15.3 Å². The molecule has 0 unspecified atom stereocenters. The molecule has 3 rings (SSSR count). The van der Waals surface area contributed by atoms with Crippen molar-refractivity contribution in [3.05, 3.63) is 58.1 Å². The maximum absolute atomic E-state index is 13.7. The zero-order chi connectivity index (χ0) is 17.1. The van der Waals surface area contributed by atoms with Gasteiger partial charge in [0, 0.05) is 17.2 Å². The Morgan fingerprint density at radius 3 is 2.75 bits per heavy atom. The van der Waals surface area contributed by atoms with Crippen molar-refractivity contribution in [3.8, 4) is 0 Å². The van der Waals surface area contributed by atoms with Gasteiger partial charge >= 0.3 is 0 Å². The Morgan fingerprint density at radius 1 is 1.25 bits per heavy atom. The van der Waals surface area contributed by atoms with Crippen LogP contribution >= 0.6 is 24.0 Å². The molecule has 4 nitrogen and oxygen atoms in total. The van der Waals surface area contributed by atoms with Crippen molar-refractivity contribution < 1.29 is 9.18 Å². The number of thioether (sulfide) groups is 1. The first kappa shape index (κ1) is 16.7. The average Bonchev–Trinajstić information content (AvgIpc) is 2.92. The Kier molecular flexibility index (Phi) is 5.01. The number of aryl methyl sites for hydroxylation is 1. The molecule has 1 aromatic heterocycles. The molecule has 0 aliphatic rings. The molecule has 124 valence electrons. The van der Waals surface area contributed by atoms with Gasteiger partial charge in [0.25, 0.3) is 5.91 Å². The van der Waals surface area contributed by atoms with Crippen molar-refractivity contribution in [2.45, 2.75) is 11.8 Å². The number of halogens is 1. The number of H-pyrrole nitrogens is 2. The van der Waals surface area contributed by atoms with Crippen LogP contribution in [0.5, 0.6) is 0 Å². The van der Waals surface area contributed by atoms with Crippen LogP contribution in [0.3, 0.4) is 0 Å². The second kappa shape index (κ2) is 7.19. The summed E-state index contributed by atoms with van der Waals surface area (Å²) in [6.45, 7) is 2.53. The zero-order valence-corrected chi connectivity index (χ0v) is 14.6. The van der Waals surface area contributed by atoms with Gasteiger partial charge in [0.05, 0.1) is 16.6 Å². The maximum atomic E-state index is 13.7. The minimum atomic E-state index is -0.480. The molecule has 0 saturated heterocycles. The highest BCUT2D eigenvalue weighted by molar-refractivity contribution is 7.99. The van der Waals surface area contributed by atoms with Gasteiger partial charge in [-0.15, -0.1) is 11.8 Å². The van der Waals surface area contributed by atoms with E-state index in [0.29, 0.717) is 22.3 Å². The number of benzene rings is 2. The van der Waals surface area contributed by atoms with Crippen LogP contribution in [-0.2, 0) is 0 Å². The van der Waals surface area contributed by atoms with Crippen LogP contribution in [0.15, 0.2) is 41.3 Å². The molecule has 2 aromatic carbocycles. The van der Waals surface area contributed by atoms with Crippen molar-refractivity contribution in [2.75, 3.05) is 12.3 Å². The number of aromatic amines is 2. The van der Waals surface area contributed by atoms with Crippen molar-refractivity contribution in [1.29, 1.82) is 0 Å². The number of hydrogen-bond donors (Lipinski definition) is 3. The van der Waals surface area contributed by atoms with Crippen LogP contribution in [0.4, 0.5) is 4.39 Å². The fourth-order valence-corrected chi connectivity index (χ4v) is 3.33. The minimum absolute atomic E-state index is 0.248. The molecule has 0 aliphatic carbocycles. The topological polar surface area (TPSA) is 60.7 Å². The molecule has 24 heavy (non-hydrogen) atoms. The molecular formula is C17H16FN3OS2. The van der Waals surface area contributed by atoms with Crippen molar-refractivity contribution >= 4 is 40.9 Å². The molecule has 1 amide bonds. The van der Waals surface area contributed by atoms with E-state index in [4.69, 9.17) is 12.2 Å². The van der Waals surface area contributed by atoms with Crippen LogP contribution in [-0.4, -0.2) is 28.2 Å². The van der Waals surface area contributed by atoms with Gasteiger partial charge in [-0.3, -0.25) is 4.79 Å². The monoisotopic (exact) mass is 361 g/mol. The number of imidazole rings is 1. The van der Waals surface area contributed by atoms with E-state index in [2.05, 4.69) is 39.6 Å². The summed E-state index contributed by atoms with van der Waals surface area (Å²) in [6.07, 6.45) is 0. The Morgan fingerprint density at radius 2 is 2.00 bits per heavy atom. The van der Waals surface area contributed by atoms with Gasteiger partial charge in [-0.2, -0.15) is 0 Å². The number of aromatic nitrogens is 2. The molecule has 7 heteroatoms. The summed E-state index contributed by atoms with van der Waals surface area (Å²) in [5.41, 5.74) is 2.47. The number of carbonyl (C=O) groups is 1. The first-order valence-corrected chi connectivity index (χ1v) is 8.81. The number of carbonyl (C=O) groups excluding carboxylic acids is 1. The molecule has 1 heterocycles. The highest BCUT2D eigenvalue weighted by Gasteiger charge is 2.13. The molecule has 0 spiro atoms. The van der Waals surface area contributed by atoms with E-state index < -0.39 is 5.82 Å². The van der Waals surface area contributed by atoms with Crippen molar-refractivity contribution in [2.24, 2.45) is 0 Å². The number of rotatable bonds is 5. The lowest BCUT2D eigenvalue weighted by Crippen LogP contribution is -2.26. The normalized spacial score (nSPS) is 10.9. The molecule has 0 radical (unpaired) electrons. The predicted molar refractivity (Wildman–Crippen MR) is 97.7 cm³/mol. The molecule has 0 atom stereocenters. The molecular weight excluding hydrogens is 345 g/mol. The van der Waals surface area contributed by atoms with Crippen molar-refractivity contribution in [3.63, 3.8) is 0 Å². The van der Waals surface area contributed by atoms with Crippen LogP contribution in [0, 0.1) is 17.5 Å². The maximum Gasteiger partial charge on any atom is 0.253 e.